The van der Waals surface area contributed by atoms with E-state index in [-0.39, 0.29) is 19.8 Å². The molecule has 0 heterocycles. The summed E-state index contributed by atoms with van der Waals surface area (Å²) in [6.07, 6.45) is -2.09. The molecule has 8 heteroatoms. The highest BCUT2D eigenvalue weighted by Gasteiger charge is 2.40. The average molecular weight is 380 g/mol. The summed E-state index contributed by atoms with van der Waals surface area (Å²) in [7, 11) is 0. The van der Waals surface area contributed by atoms with Crippen LogP contribution in [-0.4, -0.2) is 43.2 Å². The zero-order chi connectivity index (χ0) is 20.2. The predicted molar refractivity (Wildman–Crippen MR) is 93.2 cm³/mol. The smallest absolute Gasteiger partial charge is 0.348 e. The summed E-state index contributed by atoms with van der Waals surface area (Å²) in [4.78, 5) is 47.9. The Bertz CT molecular complexity index is 640. The van der Waals surface area contributed by atoms with Gasteiger partial charge in [0.2, 0.25) is 6.10 Å². The van der Waals surface area contributed by atoms with Gasteiger partial charge in [0.05, 0.1) is 19.6 Å². The van der Waals surface area contributed by atoms with Gasteiger partial charge in [0.25, 0.3) is 0 Å². The summed E-state index contributed by atoms with van der Waals surface area (Å²) in [5.41, 5.74) is 0.764. The molecule has 1 rings (SSSR count). The van der Waals surface area contributed by atoms with Gasteiger partial charge in [-0.15, -0.1) is 0 Å². The van der Waals surface area contributed by atoms with Crippen LogP contribution < -0.4 is 0 Å². The molecule has 148 valence electrons. The van der Waals surface area contributed by atoms with Gasteiger partial charge in [0.1, 0.15) is 12.5 Å². The van der Waals surface area contributed by atoms with Gasteiger partial charge in [-0.05, 0) is 19.4 Å². The van der Waals surface area contributed by atoms with Crippen molar-refractivity contribution in [2.45, 2.75) is 39.9 Å². The lowest BCUT2D eigenvalue weighted by molar-refractivity contribution is -0.179. The molecule has 0 bridgehead atoms. The maximum atomic E-state index is 12.3. The monoisotopic (exact) mass is 380 g/mol. The normalized spacial score (nSPS) is 12.4. The van der Waals surface area contributed by atoms with E-state index in [2.05, 4.69) is 0 Å². The molecule has 0 aromatic heterocycles. The molecule has 2 atom stereocenters. The molecular formula is C19H24O8. The van der Waals surface area contributed by atoms with Gasteiger partial charge in [-0.3, -0.25) is 14.4 Å². The van der Waals surface area contributed by atoms with Gasteiger partial charge < -0.3 is 18.9 Å². The van der Waals surface area contributed by atoms with E-state index >= 15 is 0 Å². The summed E-state index contributed by atoms with van der Waals surface area (Å²) in [6, 6.07) is 8.96. The van der Waals surface area contributed by atoms with E-state index in [0.29, 0.717) is 0 Å². The number of rotatable bonds is 10. The van der Waals surface area contributed by atoms with Gasteiger partial charge in [0.15, 0.2) is 0 Å². The van der Waals surface area contributed by atoms with E-state index in [4.69, 9.17) is 18.9 Å². The molecule has 0 aliphatic carbocycles. The summed E-state index contributed by atoms with van der Waals surface area (Å²) >= 11 is 0. The van der Waals surface area contributed by atoms with Crippen molar-refractivity contribution in [2.24, 2.45) is 5.92 Å². The van der Waals surface area contributed by atoms with Crippen LogP contribution in [0.3, 0.4) is 0 Å². The van der Waals surface area contributed by atoms with E-state index in [1.54, 1.807) is 38.1 Å². The maximum Gasteiger partial charge on any atom is 0.348 e. The van der Waals surface area contributed by atoms with Gasteiger partial charge >= 0.3 is 23.9 Å². The molecule has 0 fully saturated rings. The third-order valence-electron chi connectivity index (χ3n) is 3.40. The van der Waals surface area contributed by atoms with E-state index in [0.717, 1.165) is 12.5 Å². The fourth-order valence-electron chi connectivity index (χ4n) is 2.24. The summed E-state index contributed by atoms with van der Waals surface area (Å²) in [6.45, 7) is 4.29. The second-order valence-electron chi connectivity index (χ2n) is 5.49. The third kappa shape index (κ3) is 7.89. The van der Waals surface area contributed by atoms with Gasteiger partial charge in [-0.25, -0.2) is 4.79 Å². The van der Waals surface area contributed by atoms with Crippen LogP contribution in [-0.2, 0) is 44.7 Å². The van der Waals surface area contributed by atoms with Crippen molar-refractivity contribution in [1.82, 2.24) is 0 Å². The number of hydrogen-bond donors (Lipinski definition) is 0. The first-order valence-corrected chi connectivity index (χ1v) is 8.59. The van der Waals surface area contributed by atoms with E-state index < -0.39 is 42.3 Å². The highest BCUT2D eigenvalue weighted by atomic mass is 16.6. The van der Waals surface area contributed by atoms with Gasteiger partial charge in [0, 0.05) is 6.92 Å². The van der Waals surface area contributed by atoms with Crippen LogP contribution in [0, 0.1) is 5.92 Å². The highest BCUT2D eigenvalue weighted by molar-refractivity contribution is 5.88. The molecule has 0 saturated heterocycles. The standard InChI is InChI=1S/C19H24O8/c1-4-24-18(22)15(17(27-13(3)20)19(23)25-5-2)11-16(21)26-12-14-9-7-6-8-10-14/h6-10,15,17H,4-5,11-12H2,1-3H3/t15-,17+/m1/s1. The number of ether oxygens (including phenoxy) is 4. The Morgan fingerprint density at radius 2 is 1.48 bits per heavy atom. The van der Waals surface area contributed by atoms with Crippen molar-refractivity contribution in [1.29, 1.82) is 0 Å². The van der Waals surface area contributed by atoms with Crippen LogP contribution in [0.15, 0.2) is 30.3 Å². The molecule has 27 heavy (non-hydrogen) atoms. The van der Waals surface area contributed by atoms with Crippen molar-refractivity contribution in [3.63, 3.8) is 0 Å². The van der Waals surface area contributed by atoms with Crippen molar-refractivity contribution >= 4 is 23.9 Å². The van der Waals surface area contributed by atoms with E-state index in [9.17, 15) is 19.2 Å². The minimum absolute atomic E-state index is 0.00680. The molecule has 0 radical (unpaired) electrons. The van der Waals surface area contributed by atoms with Crippen LogP contribution in [0.4, 0.5) is 0 Å². The lowest BCUT2D eigenvalue weighted by atomic mass is 9.98. The van der Waals surface area contributed by atoms with Crippen LogP contribution in [0.1, 0.15) is 32.8 Å². The SMILES string of the molecule is CCOC(=O)[C@@H](OC(C)=O)[C@@H](CC(=O)OCc1ccccc1)C(=O)OCC. The quantitative estimate of drug-likeness (QED) is 0.447. The fraction of sp³-hybridized carbons (Fsp3) is 0.474. The number of carbonyl (C=O) groups excluding carboxylic acids is 4. The Balaban J connectivity index is 2.89. The first-order chi connectivity index (χ1) is 12.9. The minimum Gasteiger partial charge on any atom is -0.466 e. The summed E-state index contributed by atoms with van der Waals surface area (Å²) < 4.78 is 19.8. The summed E-state index contributed by atoms with van der Waals surface area (Å²) in [5, 5.41) is 0. The molecule has 1 aromatic rings. The molecule has 0 aliphatic heterocycles. The summed E-state index contributed by atoms with van der Waals surface area (Å²) in [5.74, 6) is -4.68. The Morgan fingerprint density at radius 3 is 2.04 bits per heavy atom. The molecule has 0 amide bonds. The number of benzene rings is 1. The lowest BCUT2D eigenvalue weighted by Gasteiger charge is -2.23. The van der Waals surface area contributed by atoms with Crippen LogP contribution in [0.25, 0.3) is 0 Å². The third-order valence-corrected chi connectivity index (χ3v) is 3.40. The Kier molecular flexibility index (Phi) is 9.57. The van der Waals surface area contributed by atoms with E-state index in [1.807, 2.05) is 6.07 Å². The Hall–Kier alpha value is -2.90. The first-order valence-electron chi connectivity index (χ1n) is 8.59. The first kappa shape index (κ1) is 22.1. The Morgan fingerprint density at radius 1 is 0.889 bits per heavy atom. The average Bonchev–Trinajstić information content (AvgIpc) is 2.63. The molecule has 1 aromatic carbocycles. The van der Waals surface area contributed by atoms with Gasteiger partial charge in [-0.1, -0.05) is 30.3 Å². The minimum atomic E-state index is -1.59. The Labute approximate surface area is 157 Å². The van der Waals surface area contributed by atoms with Crippen LogP contribution >= 0.6 is 0 Å². The van der Waals surface area contributed by atoms with Crippen LogP contribution in [0.5, 0.6) is 0 Å². The second-order valence-corrected chi connectivity index (χ2v) is 5.49. The van der Waals surface area contributed by atoms with Crippen molar-refractivity contribution in [3.8, 4) is 0 Å². The van der Waals surface area contributed by atoms with Gasteiger partial charge in [-0.2, -0.15) is 0 Å². The van der Waals surface area contributed by atoms with Crippen molar-refractivity contribution in [3.05, 3.63) is 35.9 Å². The molecule has 0 unspecified atom stereocenters. The number of carbonyl (C=O) groups is 4. The molecule has 0 saturated carbocycles. The number of hydrogen-bond acceptors (Lipinski definition) is 8. The van der Waals surface area contributed by atoms with Crippen molar-refractivity contribution in [2.75, 3.05) is 13.2 Å². The zero-order valence-corrected chi connectivity index (χ0v) is 15.6. The largest absolute Gasteiger partial charge is 0.466 e. The predicted octanol–water partition coefficient (Wildman–Crippen LogP) is 1.79. The second kappa shape index (κ2) is 11.7. The lowest BCUT2D eigenvalue weighted by Crippen LogP contribution is -2.41. The molecule has 0 spiro atoms. The van der Waals surface area contributed by atoms with Crippen molar-refractivity contribution < 1.29 is 38.1 Å². The molecule has 0 aliphatic rings. The topological polar surface area (TPSA) is 105 Å². The number of esters is 4. The van der Waals surface area contributed by atoms with Crippen LogP contribution in [0.2, 0.25) is 0 Å². The maximum absolute atomic E-state index is 12.3. The molecule has 8 nitrogen and oxygen atoms in total. The van der Waals surface area contributed by atoms with E-state index in [1.165, 1.54) is 0 Å². The fourth-order valence-corrected chi connectivity index (χ4v) is 2.24. The molecule has 0 N–H and O–H groups in total. The molecular weight excluding hydrogens is 356 g/mol. The highest BCUT2D eigenvalue weighted by Crippen LogP contribution is 2.19. The zero-order valence-electron chi connectivity index (χ0n) is 15.6.